The van der Waals surface area contributed by atoms with E-state index in [1.807, 2.05) is 0 Å². The molecule has 3 heteroatoms. The Balaban J connectivity index is 1.72. The second-order valence-electron chi connectivity index (χ2n) is 7.22. The fraction of sp³-hybridized carbons (Fsp3) is 0.429. The summed E-state index contributed by atoms with van der Waals surface area (Å²) in [4.78, 5) is 2.57. The summed E-state index contributed by atoms with van der Waals surface area (Å²) in [5.74, 6) is 0.917. The van der Waals surface area contributed by atoms with Crippen molar-refractivity contribution >= 4 is 0 Å². The number of benzene rings is 2. The van der Waals surface area contributed by atoms with E-state index in [1.54, 1.807) is 7.11 Å². The predicted molar refractivity (Wildman–Crippen MR) is 99.1 cm³/mol. The van der Waals surface area contributed by atoms with Crippen molar-refractivity contribution in [3.63, 3.8) is 0 Å². The topological polar surface area (TPSA) is 24.5 Å². The van der Waals surface area contributed by atoms with Crippen LogP contribution in [-0.2, 0) is 13.1 Å². The molecule has 128 valence electrons. The van der Waals surface area contributed by atoms with Crippen LogP contribution in [0.15, 0.2) is 54.6 Å². The first-order valence-corrected chi connectivity index (χ1v) is 8.77. The van der Waals surface area contributed by atoms with Gasteiger partial charge < -0.3 is 10.1 Å². The molecule has 2 aromatic rings. The van der Waals surface area contributed by atoms with Gasteiger partial charge in [0.15, 0.2) is 0 Å². The molecule has 24 heavy (non-hydrogen) atoms. The number of ether oxygens (including phenoxy) is 1. The molecule has 0 saturated carbocycles. The molecular weight excluding hydrogens is 296 g/mol. The molecule has 0 spiro atoms. The van der Waals surface area contributed by atoms with E-state index in [0.717, 1.165) is 38.5 Å². The van der Waals surface area contributed by atoms with Gasteiger partial charge in [0.1, 0.15) is 5.75 Å². The van der Waals surface area contributed by atoms with E-state index in [0.29, 0.717) is 5.41 Å². The van der Waals surface area contributed by atoms with Gasteiger partial charge in [0.25, 0.3) is 0 Å². The molecule has 1 aliphatic rings. The van der Waals surface area contributed by atoms with Crippen molar-refractivity contribution < 1.29 is 4.74 Å². The lowest BCUT2D eigenvalue weighted by Gasteiger charge is -2.32. The van der Waals surface area contributed by atoms with Gasteiger partial charge in [0, 0.05) is 26.2 Å². The second-order valence-corrected chi connectivity index (χ2v) is 7.22. The van der Waals surface area contributed by atoms with Gasteiger partial charge in [-0.1, -0.05) is 49.4 Å². The van der Waals surface area contributed by atoms with Crippen molar-refractivity contribution in [2.75, 3.05) is 26.7 Å². The summed E-state index contributed by atoms with van der Waals surface area (Å²) >= 11 is 0. The molecule has 2 aromatic carbocycles. The Hall–Kier alpha value is -1.84. The summed E-state index contributed by atoms with van der Waals surface area (Å²) in [6.45, 7) is 7.72. The van der Waals surface area contributed by atoms with Gasteiger partial charge in [-0.05, 0) is 41.6 Å². The highest BCUT2D eigenvalue weighted by molar-refractivity contribution is 5.27. The summed E-state index contributed by atoms with van der Waals surface area (Å²) in [7, 11) is 1.71. The van der Waals surface area contributed by atoms with E-state index in [-0.39, 0.29) is 0 Å². The van der Waals surface area contributed by atoms with Crippen molar-refractivity contribution in [2.45, 2.75) is 26.4 Å². The standard InChI is InChI=1S/C21H28N2O/c1-21(12-13-22-16-21)17-23(14-18-6-4-3-5-7-18)15-19-8-10-20(24-2)11-9-19/h3-11,22H,12-17H2,1-2H3. The maximum atomic E-state index is 5.27. The zero-order chi connectivity index (χ0) is 16.8. The van der Waals surface area contributed by atoms with Gasteiger partial charge in [-0.2, -0.15) is 0 Å². The molecule has 3 rings (SSSR count). The predicted octanol–water partition coefficient (Wildman–Crippen LogP) is 3.70. The van der Waals surface area contributed by atoms with Gasteiger partial charge in [-0.25, -0.2) is 0 Å². The van der Waals surface area contributed by atoms with E-state index in [9.17, 15) is 0 Å². The van der Waals surface area contributed by atoms with Crippen molar-refractivity contribution in [3.8, 4) is 5.75 Å². The maximum absolute atomic E-state index is 5.27. The lowest BCUT2D eigenvalue weighted by atomic mass is 9.89. The first-order chi connectivity index (χ1) is 11.7. The zero-order valence-corrected chi connectivity index (χ0v) is 14.8. The zero-order valence-electron chi connectivity index (χ0n) is 14.8. The van der Waals surface area contributed by atoms with Gasteiger partial charge in [-0.3, -0.25) is 4.90 Å². The van der Waals surface area contributed by atoms with Crippen molar-refractivity contribution in [2.24, 2.45) is 5.41 Å². The van der Waals surface area contributed by atoms with Crippen LogP contribution in [-0.4, -0.2) is 31.6 Å². The fourth-order valence-electron chi connectivity index (χ4n) is 3.54. The largest absolute Gasteiger partial charge is 0.497 e. The van der Waals surface area contributed by atoms with Gasteiger partial charge in [0.2, 0.25) is 0 Å². The third kappa shape index (κ3) is 4.59. The highest BCUT2D eigenvalue weighted by atomic mass is 16.5. The van der Waals surface area contributed by atoms with Crippen LogP contribution in [0.1, 0.15) is 24.5 Å². The molecule has 1 unspecified atom stereocenters. The molecule has 0 radical (unpaired) electrons. The number of nitrogens with zero attached hydrogens (tertiary/aromatic N) is 1. The molecule has 1 atom stereocenters. The molecule has 0 bridgehead atoms. The van der Waals surface area contributed by atoms with Crippen LogP contribution >= 0.6 is 0 Å². The monoisotopic (exact) mass is 324 g/mol. The Bertz CT molecular complexity index is 618. The van der Waals surface area contributed by atoms with Crippen LogP contribution in [0.3, 0.4) is 0 Å². The normalized spacial score (nSPS) is 20.5. The third-order valence-corrected chi connectivity index (χ3v) is 4.88. The molecule has 1 N–H and O–H groups in total. The Morgan fingerprint density at radius 1 is 1.00 bits per heavy atom. The summed E-state index contributed by atoms with van der Waals surface area (Å²) < 4.78 is 5.27. The van der Waals surface area contributed by atoms with Gasteiger partial charge in [0.05, 0.1) is 7.11 Å². The first kappa shape index (κ1) is 17.0. The van der Waals surface area contributed by atoms with E-state index in [1.165, 1.54) is 17.5 Å². The number of nitrogens with one attached hydrogen (secondary N) is 1. The molecule has 1 aliphatic heterocycles. The molecule has 3 nitrogen and oxygen atoms in total. The van der Waals surface area contributed by atoms with Crippen LogP contribution < -0.4 is 10.1 Å². The van der Waals surface area contributed by atoms with Crippen LogP contribution in [0.5, 0.6) is 5.75 Å². The minimum atomic E-state index is 0.362. The first-order valence-electron chi connectivity index (χ1n) is 8.77. The van der Waals surface area contributed by atoms with Crippen LogP contribution in [0.4, 0.5) is 0 Å². The van der Waals surface area contributed by atoms with E-state index in [4.69, 9.17) is 4.74 Å². The smallest absolute Gasteiger partial charge is 0.118 e. The molecule has 1 saturated heterocycles. The van der Waals surface area contributed by atoms with E-state index >= 15 is 0 Å². The SMILES string of the molecule is COc1ccc(CN(Cc2ccccc2)CC2(C)CCNC2)cc1. The Kier molecular flexibility index (Phi) is 5.54. The molecular formula is C21H28N2O. The van der Waals surface area contributed by atoms with Crippen LogP contribution in [0.25, 0.3) is 0 Å². The Morgan fingerprint density at radius 2 is 1.67 bits per heavy atom. The second kappa shape index (κ2) is 7.82. The third-order valence-electron chi connectivity index (χ3n) is 4.88. The minimum absolute atomic E-state index is 0.362. The minimum Gasteiger partial charge on any atom is -0.497 e. The highest BCUT2D eigenvalue weighted by Gasteiger charge is 2.30. The molecule has 0 aliphatic carbocycles. The Morgan fingerprint density at radius 3 is 2.25 bits per heavy atom. The van der Waals surface area contributed by atoms with Crippen molar-refractivity contribution in [1.82, 2.24) is 10.2 Å². The quantitative estimate of drug-likeness (QED) is 0.840. The summed E-state index contributed by atoms with van der Waals surface area (Å²) in [5.41, 5.74) is 3.07. The van der Waals surface area contributed by atoms with E-state index < -0.39 is 0 Å². The summed E-state index contributed by atoms with van der Waals surface area (Å²) in [6.07, 6.45) is 1.25. The van der Waals surface area contributed by atoms with Crippen molar-refractivity contribution in [1.29, 1.82) is 0 Å². The number of hydrogen-bond acceptors (Lipinski definition) is 3. The van der Waals surface area contributed by atoms with Crippen LogP contribution in [0, 0.1) is 5.41 Å². The highest BCUT2D eigenvalue weighted by Crippen LogP contribution is 2.27. The average molecular weight is 324 g/mol. The van der Waals surface area contributed by atoms with Crippen molar-refractivity contribution in [3.05, 3.63) is 65.7 Å². The number of methoxy groups -OCH3 is 1. The van der Waals surface area contributed by atoms with E-state index in [2.05, 4.69) is 71.7 Å². The Labute approximate surface area is 145 Å². The molecule has 1 heterocycles. The fourth-order valence-corrected chi connectivity index (χ4v) is 3.54. The lowest BCUT2D eigenvalue weighted by molar-refractivity contribution is 0.163. The maximum Gasteiger partial charge on any atom is 0.118 e. The van der Waals surface area contributed by atoms with Gasteiger partial charge in [-0.15, -0.1) is 0 Å². The van der Waals surface area contributed by atoms with Gasteiger partial charge >= 0.3 is 0 Å². The average Bonchev–Trinajstić information content (AvgIpc) is 3.02. The molecule has 0 amide bonds. The summed E-state index contributed by atoms with van der Waals surface area (Å²) in [5, 5.41) is 3.52. The van der Waals surface area contributed by atoms with Crippen LogP contribution in [0.2, 0.25) is 0 Å². The molecule has 0 aromatic heterocycles. The number of rotatable bonds is 7. The summed E-state index contributed by atoms with van der Waals surface area (Å²) in [6, 6.07) is 19.2. The number of hydrogen-bond donors (Lipinski definition) is 1. The lowest BCUT2D eigenvalue weighted by Crippen LogP contribution is -2.36. The molecule has 1 fully saturated rings.